The number of benzene rings is 2. The van der Waals surface area contributed by atoms with Gasteiger partial charge in [-0.1, -0.05) is 0 Å². The van der Waals surface area contributed by atoms with Crippen LogP contribution >= 0.6 is 0 Å². The summed E-state index contributed by atoms with van der Waals surface area (Å²) in [6.45, 7) is 7.74. The summed E-state index contributed by atoms with van der Waals surface area (Å²) in [6.07, 6.45) is 2.31. The van der Waals surface area contributed by atoms with Crippen molar-refractivity contribution in [3.63, 3.8) is 0 Å². The first-order valence-corrected chi connectivity index (χ1v) is 11.8. The number of pyridine rings is 1. The Morgan fingerprint density at radius 3 is 2.69 bits per heavy atom. The Balaban J connectivity index is 1.44. The molecule has 0 spiro atoms. The molecule has 1 aromatic heterocycles. The summed E-state index contributed by atoms with van der Waals surface area (Å²) in [7, 11) is 3.31. The number of hydrogen-bond donors (Lipinski definition) is 2. The van der Waals surface area contributed by atoms with Crippen molar-refractivity contribution in [2.24, 2.45) is 0 Å². The molecule has 2 aromatic carbocycles. The second-order valence-electron chi connectivity index (χ2n) is 9.68. The molecule has 1 fully saturated rings. The largest absolute Gasteiger partial charge is 0.497 e. The molecular formula is C27H34N4O4. The number of hydrogen-bond acceptors (Lipinski definition) is 7. The van der Waals surface area contributed by atoms with Crippen LogP contribution in [0.5, 0.6) is 11.5 Å². The van der Waals surface area contributed by atoms with Gasteiger partial charge in [-0.3, -0.25) is 0 Å². The van der Waals surface area contributed by atoms with E-state index in [1.54, 1.807) is 14.2 Å². The van der Waals surface area contributed by atoms with Crippen molar-refractivity contribution in [2.45, 2.75) is 45.4 Å². The van der Waals surface area contributed by atoms with Crippen molar-refractivity contribution in [1.82, 2.24) is 10.3 Å². The highest BCUT2D eigenvalue weighted by Crippen LogP contribution is 2.30. The highest BCUT2D eigenvalue weighted by Gasteiger charge is 2.27. The Kier molecular flexibility index (Phi) is 7.19. The number of anilines is 2. The molecule has 3 aromatic rings. The lowest BCUT2D eigenvalue weighted by atomic mass is 10.1. The van der Waals surface area contributed by atoms with Gasteiger partial charge < -0.3 is 29.7 Å². The van der Waals surface area contributed by atoms with Crippen molar-refractivity contribution >= 4 is 28.4 Å². The van der Waals surface area contributed by atoms with E-state index in [0.717, 1.165) is 52.3 Å². The number of fused-ring (bicyclic) bond motifs is 1. The molecule has 8 nitrogen and oxygen atoms in total. The molecule has 8 heteroatoms. The van der Waals surface area contributed by atoms with E-state index in [2.05, 4.69) is 38.7 Å². The van der Waals surface area contributed by atoms with Gasteiger partial charge in [-0.05, 0) is 69.0 Å². The Morgan fingerprint density at radius 2 is 1.94 bits per heavy atom. The van der Waals surface area contributed by atoms with Crippen LogP contribution in [0.1, 0.15) is 32.8 Å². The van der Waals surface area contributed by atoms with E-state index in [1.807, 2.05) is 51.2 Å². The summed E-state index contributed by atoms with van der Waals surface area (Å²) in [6, 6.07) is 14.2. The van der Waals surface area contributed by atoms with E-state index in [4.69, 9.17) is 14.2 Å². The molecule has 35 heavy (non-hydrogen) atoms. The SMILES string of the molecule is COc1ccc(CNc2ccc3c(N4CC[C@@H](NC(=O)OC(C)(C)C)C4)nccc3c2)c(OC)c1. The summed E-state index contributed by atoms with van der Waals surface area (Å²) in [4.78, 5) is 19.0. The Bertz CT molecular complexity index is 1190. The zero-order valence-electron chi connectivity index (χ0n) is 21.1. The zero-order valence-corrected chi connectivity index (χ0v) is 21.1. The van der Waals surface area contributed by atoms with Crippen molar-refractivity contribution in [1.29, 1.82) is 0 Å². The van der Waals surface area contributed by atoms with Crippen LogP contribution in [0.25, 0.3) is 10.8 Å². The lowest BCUT2D eigenvalue weighted by Crippen LogP contribution is -2.40. The third-order valence-corrected chi connectivity index (χ3v) is 5.93. The molecule has 2 N–H and O–H groups in total. The van der Waals surface area contributed by atoms with E-state index in [9.17, 15) is 4.79 Å². The molecule has 186 valence electrons. The van der Waals surface area contributed by atoms with Gasteiger partial charge in [0.1, 0.15) is 22.9 Å². The summed E-state index contributed by atoms with van der Waals surface area (Å²) in [5.41, 5.74) is 1.55. The maximum atomic E-state index is 12.2. The maximum Gasteiger partial charge on any atom is 0.407 e. The molecule has 1 amide bonds. The summed E-state index contributed by atoms with van der Waals surface area (Å²) in [5.74, 6) is 2.48. The van der Waals surface area contributed by atoms with E-state index >= 15 is 0 Å². The molecule has 0 unspecified atom stereocenters. The number of ether oxygens (including phenoxy) is 3. The van der Waals surface area contributed by atoms with Crippen LogP contribution in [0.3, 0.4) is 0 Å². The normalized spacial score (nSPS) is 15.7. The van der Waals surface area contributed by atoms with Gasteiger partial charge in [-0.15, -0.1) is 0 Å². The molecule has 0 aliphatic carbocycles. The number of carbonyl (C=O) groups is 1. The molecule has 1 saturated heterocycles. The number of nitrogens with one attached hydrogen (secondary N) is 2. The summed E-state index contributed by atoms with van der Waals surface area (Å²) in [5, 5.41) is 8.65. The van der Waals surface area contributed by atoms with Gasteiger partial charge in [0.15, 0.2) is 0 Å². The van der Waals surface area contributed by atoms with Gasteiger partial charge in [-0.2, -0.15) is 0 Å². The fraction of sp³-hybridized carbons (Fsp3) is 0.407. The molecule has 1 atom stereocenters. The Labute approximate surface area is 206 Å². The van der Waals surface area contributed by atoms with E-state index < -0.39 is 5.60 Å². The molecule has 1 aliphatic rings. The summed E-state index contributed by atoms with van der Waals surface area (Å²) < 4.78 is 16.2. The standard InChI is InChI=1S/C27H34N4O4/c1-27(2,3)35-26(32)30-21-11-13-31(17-21)25-23-9-7-20(14-18(23)10-12-28-25)29-16-19-6-8-22(33-4)15-24(19)34-5/h6-10,12,14-15,21,29H,11,13,16-17H2,1-5H3,(H,30,32)/t21-/m1/s1. The smallest absolute Gasteiger partial charge is 0.407 e. The van der Waals surface area contributed by atoms with Gasteiger partial charge in [0.25, 0.3) is 0 Å². The van der Waals surface area contributed by atoms with Gasteiger partial charge in [0.05, 0.1) is 20.3 Å². The van der Waals surface area contributed by atoms with E-state index in [0.29, 0.717) is 13.1 Å². The number of rotatable bonds is 7. The van der Waals surface area contributed by atoms with Crippen molar-refractivity contribution in [3.05, 3.63) is 54.2 Å². The van der Waals surface area contributed by atoms with Crippen LogP contribution in [-0.2, 0) is 11.3 Å². The number of amides is 1. The molecule has 0 saturated carbocycles. The van der Waals surface area contributed by atoms with Gasteiger partial charge >= 0.3 is 6.09 Å². The highest BCUT2D eigenvalue weighted by atomic mass is 16.6. The summed E-state index contributed by atoms with van der Waals surface area (Å²) >= 11 is 0. The lowest BCUT2D eigenvalue weighted by Gasteiger charge is -2.22. The number of methoxy groups -OCH3 is 2. The minimum atomic E-state index is -0.510. The molecular weight excluding hydrogens is 444 g/mol. The quantitative estimate of drug-likeness (QED) is 0.496. The van der Waals surface area contributed by atoms with Crippen LogP contribution in [0.4, 0.5) is 16.3 Å². The van der Waals surface area contributed by atoms with Crippen molar-refractivity contribution in [3.8, 4) is 11.5 Å². The third-order valence-electron chi connectivity index (χ3n) is 5.93. The molecule has 2 heterocycles. The van der Waals surface area contributed by atoms with Crippen molar-refractivity contribution in [2.75, 3.05) is 37.5 Å². The first-order chi connectivity index (χ1) is 16.8. The fourth-order valence-corrected chi connectivity index (χ4v) is 4.26. The predicted molar refractivity (Wildman–Crippen MR) is 139 cm³/mol. The topological polar surface area (TPSA) is 85.0 Å². The lowest BCUT2D eigenvalue weighted by molar-refractivity contribution is 0.0509. The number of alkyl carbamates (subject to hydrolysis) is 1. The monoisotopic (exact) mass is 478 g/mol. The van der Waals surface area contributed by atoms with Crippen LogP contribution in [-0.4, -0.2) is 50.0 Å². The average Bonchev–Trinajstić information content (AvgIpc) is 3.28. The minimum Gasteiger partial charge on any atom is -0.497 e. The number of aromatic nitrogens is 1. The minimum absolute atomic E-state index is 0.0299. The van der Waals surface area contributed by atoms with Gasteiger partial charge in [-0.25, -0.2) is 9.78 Å². The average molecular weight is 479 g/mol. The zero-order chi connectivity index (χ0) is 25.0. The van der Waals surface area contributed by atoms with Crippen molar-refractivity contribution < 1.29 is 19.0 Å². The molecule has 1 aliphatic heterocycles. The first kappa shape index (κ1) is 24.4. The van der Waals surface area contributed by atoms with Gasteiger partial charge in [0.2, 0.25) is 0 Å². The Hall–Kier alpha value is -3.68. The van der Waals surface area contributed by atoms with Crippen LogP contribution in [0.2, 0.25) is 0 Å². The third kappa shape index (κ3) is 6.07. The molecule has 4 rings (SSSR count). The van der Waals surface area contributed by atoms with Crippen LogP contribution in [0, 0.1) is 0 Å². The van der Waals surface area contributed by atoms with Crippen LogP contribution < -0.4 is 25.0 Å². The predicted octanol–water partition coefficient (Wildman–Crippen LogP) is 4.97. The number of carbonyl (C=O) groups excluding carboxylic acids is 1. The Morgan fingerprint density at radius 1 is 1.11 bits per heavy atom. The first-order valence-electron chi connectivity index (χ1n) is 11.8. The van der Waals surface area contributed by atoms with E-state index in [-0.39, 0.29) is 12.1 Å². The second-order valence-corrected chi connectivity index (χ2v) is 9.68. The fourth-order valence-electron chi connectivity index (χ4n) is 4.26. The highest BCUT2D eigenvalue weighted by molar-refractivity contribution is 5.94. The maximum absolute atomic E-state index is 12.2. The second kappa shape index (κ2) is 10.3. The van der Waals surface area contributed by atoms with E-state index in [1.165, 1.54) is 0 Å². The number of nitrogens with zero attached hydrogens (tertiary/aromatic N) is 2. The molecule has 0 radical (unpaired) electrons. The molecule has 0 bridgehead atoms. The van der Waals surface area contributed by atoms with Gasteiger partial charge in [0, 0.05) is 48.5 Å². The van der Waals surface area contributed by atoms with Crippen LogP contribution in [0.15, 0.2) is 48.7 Å².